The van der Waals surface area contributed by atoms with Crippen molar-refractivity contribution < 1.29 is 9.53 Å². The largest absolute Gasteiger partial charge is 0.381 e. The Morgan fingerprint density at radius 3 is 2.80 bits per heavy atom. The molecular weight excluding hydrogens is 256 g/mol. The molecule has 0 aromatic heterocycles. The highest BCUT2D eigenvalue weighted by atomic mass is 79.9. The van der Waals surface area contributed by atoms with E-state index in [-0.39, 0.29) is 11.5 Å². The Labute approximate surface area is 97.8 Å². The summed E-state index contributed by atoms with van der Waals surface area (Å²) in [5.74, 6) is 0. The molecule has 0 bridgehead atoms. The summed E-state index contributed by atoms with van der Waals surface area (Å²) in [5.41, 5.74) is 0.768. The highest BCUT2D eigenvalue weighted by Gasteiger charge is 2.45. The van der Waals surface area contributed by atoms with Crippen molar-refractivity contribution in [2.45, 2.75) is 24.4 Å². The van der Waals surface area contributed by atoms with Gasteiger partial charge in [0.25, 0.3) is 0 Å². The van der Waals surface area contributed by atoms with E-state index in [1.54, 1.807) is 7.11 Å². The predicted octanol–water partition coefficient (Wildman–Crippen LogP) is 2.69. The molecule has 0 atom stereocenters. The Hall–Kier alpha value is -0.670. The lowest BCUT2D eigenvalue weighted by molar-refractivity contribution is -0.121. The zero-order valence-corrected chi connectivity index (χ0v) is 10.2. The monoisotopic (exact) mass is 268 g/mol. The molecule has 0 heterocycles. The summed E-state index contributed by atoms with van der Waals surface area (Å²) in [7, 11) is 1.69. The summed E-state index contributed by atoms with van der Waals surface area (Å²) < 4.78 is 6.24. The van der Waals surface area contributed by atoms with Crippen LogP contribution in [0.3, 0.4) is 0 Å². The molecule has 1 saturated carbocycles. The molecule has 0 spiro atoms. The molecule has 0 saturated heterocycles. The van der Waals surface area contributed by atoms with Crippen molar-refractivity contribution in [3.05, 3.63) is 34.3 Å². The number of ether oxygens (including phenoxy) is 1. The maximum atomic E-state index is 11.2. The smallest absolute Gasteiger partial charge is 0.130 e. The van der Waals surface area contributed by atoms with Crippen LogP contribution in [0.15, 0.2) is 28.7 Å². The maximum Gasteiger partial charge on any atom is 0.130 e. The molecule has 0 amide bonds. The van der Waals surface area contributed by atoms with E-state index < -0.39 is 0 Å². The lowest BCUT2D eigenvalue weighted by Crippen LogP contribution is -2.46. The Balaban J connectivity index is 2.25. The van der Waals surface area contributed by atoms with E-state index in [1.807, 2.05) is 24.3 Å². The van der Waals surface area contributed by atoms with Crippen LogP contribution in [0, 0.1) is 0 Å². The highest BCUT2D eigenvalue weighted by Crippen LogP contribution is 2.43. The van der Waals surface area contributed by atoms with Gasteiger partial charge in [0.05, 0.1) is 11.5 Å². The summed E-state index contributed by atoms with van der Waals surface area (Å²) in [6.07, 6.45) is 2.88. The van der Waals surface area contributed by atoms with Crippen molar-refractivity contribution in [1.29, 1.82) is 0 Å². The molecule has 1 aliphatic rings. The minimum atomic E-state index is -0.315. The number of halogens is 1. The third-order valence-electron chi connectivity index (χ3n) is 3.14. The van der Waals surface area contributed by atoms with Crippen LogP contribution in [0.4, 0.5) is 0 Å². The molecule has 80 valence electrons. The number of carbonyl (C=O) groups excluding carboxylic acids is 1. The van der Waals surface area contributed by atoms with Gasteiger partial charge in [-0.05, 0) is 30.5 Å². The van der Waals surface area contributed by atoms with Crippen LogP contribution in [0.2, 0.25) is 0 Å². The molecule has 1 aromatic carbocycles. The predicted molar refractivity (Wildman–Crippen MR) is 61.9 cm³/mol. The summed E-state index contributed by atoms with van der Waals surface area (Å²) in [5, 5.41) is 0. The van der Waals surface area contributed by atoms with Crippen molar-refractivity contribution in [2.24, 2.45) is 0 Å². The quantitative estimate of drug-likeness (QED) is 0.788. The fourth-order valence-corrected chi connectivity index (χ4v) is 2.52. The van der Waals surface area contributed by atoms with Gasteiger partial charge in [-0.25, -0.2) is 0 Å². The number of aldehydes is 1. The van der Waals surface area contributed by atoms with Crippen LogP contribution in [0.25, 0.3) is 0 Å². The van der Waals surface area contributed by atoms with Crippen molar-refractivity contribution in [2.75, 3.05) is 7.11 Å². The molecule has 2 nitrogen and oxygen atoms in total. The third-order valence-corrected chi connectivity index (χ3v) is 3.64. The summed E-state index contributed by atoms with van der Waals surface area (Å²) in [6.45, 7) is 0. The van der Waals surface area contributed by atoms with Crippen LogP contribution in [0.1, 0.15) is 18.4 Å². The van der Waals surface area contributed by atoms with E-state index in [1.165, 1.54) is 0 Å². The number of carbonyl (C=O) groups is 1. The van der Waals surface area contributed by atoms with Gasteiger partial charge in [0.1, 0.15) is 6.29 Å². The molecular formula is C12H13BrO2. The normalized spacial score (nSPS) is 29.6. The zero-order chi connectivity index (χ0) is 10.9. The molecule has 3 heteroatoms. The van der Waals surface area contributed by atoms with E-state index >= 15 is 0 Å². The molecule has 1 fully saturated rings. The van der Waals surface area contributed by atoms with E-state index in [2.05, 4.69) is 15.9 Å². The van der Waals surface area contributed by atoms with Gasteiger partial charge < -0.3 is 9.53 Å². The Kier molecular flexibility index (Phi) is 2.94. The zero-order valence-electron chi connectivity index (χ0n) is 8.57. The molecule has 15 heavy (non-hydrogen) atoms. The number of rotatable bonds is 3. The third kappa shape index (κ3) is 1.86. The second-order valence-electron chi connectivity index (χ2n) is 4.05. The Morgan fingerprint density at radius 2 is 2.27 bits per heavy atom. The van der Waals surface area contributed by atoms with Crippen LogP contribution >= 0.6 is 15.9 Å². The fraction of sp³-hybridized carbons (Fsp3) is 0.417. The van der Waals surface area contributed by atoms with Crippen molar-refractivity contribution in [3.8, 4) is 0 Å². The van der Waals surface area contributed by atoms with Gasteiger partial charge in [-0.15, -0.1) is 0 Å². The topological polar surface area (TPSA) is 26.3 Å². The minimum absolute atomic E-state index is 0.231. The van der Waals surface area contributed by atoms with Crippen molar-refractivity contribution in [1.82, 2.24) is 0 Å². The van der Waals surface area contributed by atoms with Crippen LogP contribution < -0.4 is 0 Å². The first-order chi connectivity index (χ1) is 7.20. The first-order valence-corrected chi connectivity index (χ1v) is 5.75. The van der Waals surface area contributed by atoms with Crippen LogP contribution in [0.5, 0.6) is 0 Å². The van der Waals surface area contributed by atoms with Gasteiger partial charge in [-0.1, -0.05) is 28.1 Å². The van der Waals surface area contributed by atoms with E-state index in [9.17, 15) is 4.79 Å². The van der Waals surface area contributed by atoms with E-state index in [0.29, 0.717) is 0 Å². The first-order valence-electron chi connectivity index (χ1n) is 4.95. The molecule has 0 N–H and O–H groups in total. The lowest BCUT2D eigenvalue weighted by atomic mass is 9.64. The molecule has 0 unspecified atom stereocenters. The second kappa shape index (κ2) is 4.06. The summed E-state index contributed by atoms with van der Waals surface area (Å²) in [4.78, 5) is 11.2. The number of benzene rings is 1. The van der Waals surface area contributed by atoms with Crippen molar-refractivity contribution >= 4 is 22.2 Å². The van der Waals surface area contributed by atoms with Gasteiger partial charge in [0, 0.05) is 11.6 Å². The minimum Gasteiger partial charge on any atom is -0.381 e. The fourth-order valence-electron chi connectivity index (χ4n) is 2.12. The van der Waals surface area contributed by atoms with E-state index in [0.717, 1.165) is 29.2 Å². The highest BCUT2D eigenvalue weighted by molar-refractivity contribution is 9.10. The lowest BCUT2D eigenvalue weighted by Gasteiger charge is -2.43. The van der Waals surface area contributed by atoms with Gasteiger partial charge >= 0.3 is 0 Å². The summed E-state index contributed by atoms with van der Waals surface area (Å²) >= 11 is 3.42. The number of hydrogen-bond acceptors (Lipinski definition) is 2. The van der Waals surface area contributed by atoms with Gasteiger partial charge in [0.15, 0.2) is 0 Å². The molecule has 1 aromatic rings. The number of hydrogen-bond donors (Lipinski definition) is 0. The van der Waals surface area contributed by atoms with Gasteiger partial charge in [-0.3, -0.25) is 0 Å². The summed E-state index contributed by atoms with van der Waals surface area (Å²) in [6, 6.07) is 7.95. The van der Waals surface area contributed by atoms with Gasteiger partial charge in [-0.2, -0.15) is 0 Å². The van der Waals surface area contributed by atoms with Gasteiger partial charge in [0.2, 0.25) is 0 Å². The maximum absolute atomic E-state index is 11.2. The molecule has 2 rings (SSSR count). The van der Waals surface area contributed by atoms with Crippen molar-refractivity contribution in [3.63, 3.8) is 0 Å². The SMILES string of the molecule is COC1CC(C=O)(c2cccc(Br)c2)C1. The van der Waals surface area contributed by atoms with E-state index in [4.69, 9.17) is 4.74 Å². The average Bonchev–Trinajstić information content (AvgIpc) is 2.18. The standard InChI is InChI=1S/C12H13BrO2/c1-15-11-6-12(7-11,8-14)9-3-2-4-10(13)5-9/h2-5,8,11H,6-7H2,1H3. The number of methoxy groups -OCH3 is 1. The molecule has 0 radical (unpaired) electrons. The molecule has 0 aliphatic heterocycles. The van der Waals surface area contributed by atoms with Crippen LogP contribution in [-0.2, 0) is 14.9 Å². The Morgan fingerprint density at radius 1 is 1.53 bits per heavy atom. The Bertz CT molecular complexity index is 370. The average molecular weight is 269 g/mol. The van der Waals surface area contributed by atoms with Crippen LogP contribution in [-0.4, -0.2) is 19.5 Å². The second-order valence-corrected chi connectivity index (χ2v) is 4.97. The first kappa shape index (κ1) is 10.8. The molecule has 1 aliphatic carbocycles.